The highest BCUT2D eigenvalue weighted by molar-refractivity contribution is 5.95. The van der Waals surface area contributed by atoms with Crippen LogP contribution in [0, 0.1) is 17.0 Å². The summed E-state index contributed by atoms with van der Waals surface area (Å²) in [5.41, 5.74) is 4.70. The first kappa shape index (κ1) is 9.17. The van der Waals surface area contributed by atoms with Gasteiger partial charge in [0.25, 0.3) is 5.91 Å². The van der Waals surface area contributed by atoms with Crippen LogP contribution in [-0.4, -0.2) is 20.6 Å². The summed E-state index contributed by atoms with van der Waals surface area (Å²) in [5.74, 6) is -1.40. The Bertz CT molecular complexity index is 325. The number of nitrogens with two attached hydrogens (primary N) is 1. The third-order valence-corrected chi connectivity index (χ3v) is 1.41. The first-order valence-corrected chi connectivity index (χ1v) is 3.37. The van der Waals surface area contributed by atoms with Gasteiger partial charge in [0.05, 0.1) is 17.8 Å². The van der Waals surface area contributed by atoms with E-state index in [2.05, 4.69) is 12.0 Å². The number of carbonyl (C=O) groups is 1. The highest BCUT2D eigenvalue weighted by Gasteiger charge is 2.23. The smallest absolute Gasteiger partial charge is 0.365 e. The topological polar surface area (TPSA) is 104 Å². The second-order valence-electron chi connectivity index (χ2n) is 2.25. The van der Waals surface area contributed by atoms with E-state index in [9.17, 15) is 14.9 Å². The zero-order valence-corrected chi connectivity index (χ0v) is 6.64. The summed E-state index contributed by atoms with van der Waals surface area (Å²) in [6.45, 7) is 3.66. The Labute approximate surface area is 73.3 Å². The van der Waals surface area contributed by atoms with Gasteiger partial charge in [-0.2, -0.15) is 4.68 Å². The molecule has 0 aliphatic carbocycles. The number of aromatic nitrogens is 2. The minimum atomic E-state index is -0.869. The Morgan fingerprint density at radius 2 is 2.46 bits per heavy atom. The molecule has 0 aliphatic heterocycles. The first-order chi connectivity index (χ1) is 6.06. The fourth-order valence-electron chi connectivity index (χ4n) is 0.834. The number of hydrogen-bond acceptors (Lipinski definition) is 4. The van der Waals surface area contributed by atoms with Gasteiger partial charge in [-0.1, -0.05) is 0 Å². The summed E-state index contributed by atoms with van der Waals surface area (Å²) in [6.07, 6.45) is 1.20. The van der Waals surface area contributed by atoms with E-state index in [1.807, 2.05) is 0 Å². The molecule has 0 spiro atoms. The van der Waals surface area contributed by atoms with Gasteiger partial charge in [0, 0.05) is 0 Å². The summed E-state index contributed by atoms with van der Waals surface area (Å²) in [6, 6.07) is 0. The molecule has 7 heteroatoms. The molecule has 0 bridgehead atoms. The van der Waals surface area contributed by atoms with Gasteiger partial charge in [-0.3, -0.25) is 4.79 Å². The summed E-state index contributed by atoms with van der Waals surface area (Å²) in [4.78, 5) is 20.3. The molecule has 2 N–H and O–H groups in total. The van der Waals surface area contributed by atoms with Gasteiger partial charge in [0.1, 0.15) is 0 Å². The lowest BCUT2D eigenvalue weighted by Crippen LogP contribution is -2.11. The van der Waals surface area contributed by atoms with Gasteiger partial charge in [0.2, 0.25) is 0 Å². The monoisotopic (exact) mass is 183 g/mol. The fourth-order valence-corrected chi connectivity index (χ4v) is 0.834. The molecule has 69 valence electrons. The molecule has 1 rings (SSSR count). The van der Waals surface area contributed by atoms with E-state index in [0.29, 0.717) is 0 Å². The van der Waals surface area contributed by atoms with E-state index < -0.39 is 16.6 Å². The molecule has 1 aromatic rings. The van der Waals surface area contributed by atoms with E-state index in [4.69, 9.17) is 5.73 Å². The third kappa shape index (κ3) is 1.63. The van der Waals surface area contributed by atoms with Crippen LogP contribution in [0.25, 0.3) is 0 Å². The molecule has 0 unspecified atom stereocenters. The maximum Gasteiger partial charge on any atom is 0.402 e. The largest absolute Gasteiger partial charge is 0.402 e. The summed E-state index contributed by atoms with van der Waals surface area (Å²) in [7, 11) is 0. The van der Waals surface area contributed by atoms with Crippen molar-refractivity contribution < 1.29 is 9.72 Å². The fraction of sp³-hybridized carbons (Fsp3) is 0.167. The van der Waals surface area contributed by atoms with Gasteiger partial charge in [-0.25, -0.2) is 0 Å². The number of rotatable bonds is 3. The Hall–Kier alpha value is -1.92. The van der Waals surface area contributed by atoms with Gasteiger partial charge < -0.3 is 15.8 Å². The average molecular weight is 183 g/mol. The van der Waals surface area contributed by atoms with Crippen molar-refractivity contribution in [3.8, 4) is 0 Å². The number of amides is 1. The Morgan fingerprint density at radius 3 is 2.77 bits per heavy atom. The van der Waals surface area contributed by atoms with Crippen molar-refractivity contribution in [3.63, 3.8) is 0 Å². The second kappa shape index (κ2) is 3.21. The van der Waals surface area contributed by atoms with Gasteiger partial charge in [-0.05, 0) is 11.8 Å². The number of carbonyl (C=O) groups excluding carboxylic acids is 1. The number of primary amides is 1. The lowest BCUT2D eigenvalue weighted by atomic mass is 10.3. The van der Waals surface area contributed by atoms with Crippen LogP contribution in [0.5, 0.6) is 0 Å². The van der Waals surface area contributed by atoms with Crippen molar-refractivity contribution in [2.75, 3.05) is 0 Å². The Morgan fingerprint density at radius 1 is 1.85 bits per heavy atom. The molecule has 0 aromatic carbocycles. The molecule has 1 radical (unpaired) electrons. The number of nitro groups is 1. The molecule has 1 heterocycles. The van der Waals surface area contributed by atoms with Crippen molar-refractivity contribution in [1.82, 2.24) is 9.78 Å². The van der Waals surface area contributed by atoms with Crippen LogP contribution in [0.3, 0.4) is 0 Å². The Kier molecular flexibility index (Phi) is 2.27. The van der Waals surface area contributed by atoms with E-state index in [1.54, 1.807) is 0 Å². The molecular weight excluding hydrogens is 176 g/mol. The van der Waals surface area contributed by atoms with Gasteiger partial charge in [0.15, 0.2) is 5.56 Å². The minimum absolute atomic E-state index is 0.200. The summed E-state index contributed by atoms with van der Waals surface area (Å²) >= 11 is 0. The average Bonchev–Trinajstić information content (AvgIpc) is 2.47. The van der Waals surface area contributed by atoms with Crippen molar-refractivity contribution >= 4 is 11.7 Å². The van der Waals surface area contributed by atoms with Crippen molar-refractivity contribution in [2.45, 2.75) is 6.54 Å². The highest BCUT2D eigenvalue weighted by Crippen LogP contribution is 2.14. The maximum atomic E-state index is 10.7. The van der Waals surface area contributed by atoms with Crippen LogP contribution in [0.15, 0.2) is 6.20 Å². The van der Waals surface area contributed by atoms with E-state index in [1.165, 1.54) is 10.9 Å². The highest BCUT2D eigenvalue weighted by atomic mass is 16.6. The zero-order chi connectivity index (χ0) is 10.0. The van der Waals surface area contributed by atoms with E-state index in [0.717, 1.165) is 0 Å². The SMILES string of the molecule is [CH2]Cn1cc(C(N)=O)c([N+](=O)[O-])n1. The lowest BCUT2D eigenvalue weighted by Gasteiger charge is -1.88. The standard InChI is InChI=1S/C6H7N4O3/c1-2-9-3-4(5(7)11)6(8-9)10(12)13/h3H,1-2H2,(H2,7,11). The molecular formula is C6H7N4O3. The van der Waals surface area contributed by atoms with Gasteiger partial charge in [-0.15, -0.1) is 0 Å². The van der Waals surface area contributed by atoms with Crippen molar-refractivity contribution in [2.24, 2.45) is 5.73 Å². The molecule has 1 aromatic heterocycles. The normalized spacial score (nSPS) is 9.92. The van der Waals surface area contributed by atoms with Gasteiger partial charge >= 0.3 is 5.82 Å². The van der Waals surface area contributed by atoms with Crippen LogP contribution in [0.2, 0.25) is 0 Å². The predicted octanol–water partition coefficient (Wildman–Crippen LogP) is -0.276. The van der Waals surface area contributed by atoms with Crippen molar-refractivity contribution in [3.05, 3.63) is 28.8 Å². The predicted molar refractivity (Wildman–Crippen MR) is 42.8 cm³/mol. The van der Waals surface area contributed by atoms with Crippen LogP contribution in [-0.2, 0) is 6.54 Å². The van der Waals surface area contributed by atoms with Crippen LogP contribution in [0.4, 0.5) is 5.82 Å². The van der Waals surface area contributed by atoms with Crippen LogP contribution < -0.4 is 5.73 Å². The van der Waals surface area contributed by atoms with Crippen LogP contribution in [0.1, 0.15) is 10.4 Å². The molecule has 0 atom stereocenters. The lowest BCUT2D eigenvalue weighted by molar-refractivity contribution is -0.390. The summed E-state index contributed by atoms with van der Waals surface area (Å²) < 4.78 is 1.18. The van der Waals surface area contributed by atoms with Crippen molar-refractivity contribution in [1.29, 1.82) is 0 Å². The van der Waals surface area contributed by atoms with E-state index >= 15 is 0 Å². The quantitative estimate of drug-likeness (QED) is 0.514. The van der Waals surface area contributed by atoms with Crippen LogP contribution >= 0.6 is 0 Å². The molecule has 0 fully saturated rings. The first-order valence-electron chi connectivity index (χ1n) is 3.37. The summed E-state index contributed by atoms with van der Waals surface area (Å²) in [5, 5.41) is 13.9. The maximum absolute atomic E-state index is 10.7. The molecule has 0 aliphatic rings. The molecule has 13 heavy (non-hydrogen) atoms. The van der Waals surface area contributed by atoms with E-state index in [-0.39, 0.29) is 12.1 Å². The number of hydrogen-bond donors (Lipinski definition) is 1. The minimum Gasteiger partial charge on any atom is -0.365 e. The molecule has 0 saturated carbocycles. The molecule has 1 amide bonds. The third-order valence-electron chi connectivity index (χ3n) is 1.41. The number of nitrogens with zero attached hydrogens (tertiary/aromatic N) is 3. The second-order valence-corrected chi connectivity index (χ2v) is 2.25. The molecule has 7 nitrogen and oxygen atoms in total. The molecule has 0 saturated heterocycles. The Balaban J connectivity index is 3.23. The zero-order valence-electron chi connectivity index (χ0n) is 6.64.